The summed E-state index contributed by atoms with van der Waals surface area (Å²) in [7, 11) is 1.42. The van der Waals surface area contributed by atoms with Gasteiger partial charge in [-0.2, -0.15) is 15.0 Å². The number of ether oxygens (including phenoxy) is 2. The number of rotatable bonds is 10. The quantitative estimate of drug-likeness (QED) is 0.495. The van der Waals surface area contributed by atoms with E-state index in [4.69, 9.17) is 9.47 Å². The second-order valence-electron chi connectivity index (χ2n) is 8.54. The van der Waals surface area contributed by atoms with Gasteiger partial charge >= 0.3 is 6.01 Å². The van der Waals surface area contributed by atoms with E-state index in [-0.39, 0.29) is 11.8 Å². The molecule has 0 amide bonds. The van der Waals surface area contributed by atoms with Crippen molar-refractivity contribution in [2.24, 2.45) is 5.92 Å². The number of halogens is 1. The maximum atomic E-state index is 14.1. The first-order valence-corrected chi connectivity index (χ1v) is 11.8. The first-order valence-electron chi connectivity index (χ1n) is 11.8. The number of benzene rings is 1. The number of anilines is 2. The van der Waals surface area contributed by atoms with Crippen LogP contribution >= 0.6 is 0 Å². The third kappa shape index (κ3) is 6.42. The number of piperidine rings is 1. The van der Waals surface area contributed by atoms with Gasteiger partial charge in [-0.15, -0.1) is 0 Å². The van der Waals surface area contributed by atoms with E-state index in [0.29, 0.717) is 29.6 Å². The fraction of sp³-hybridized carbons (Fsp3) is 0.609. The van der Waals surface area contributed by atoms with Gasteiger partial charge in [-0.25, -0.2) is 4.39 Å². The van der Waals surface area contributed by atoms with E-state index in [9.17, 15) is 4.39 Å². The second-order valence-corrected chi connectivity index (χ2v) is 8.54. The fourth-order valence-electron chi connectivity index (χ4n) is 4.45. The van der Waals surface area contributed by atoms with Crippen LogP contribution in [-0.2, 0) is 0 Å². The van der Waals surface area contributed by atoms with E-state index < -0.39 is 5.82 Å². The monoisotopic (exact) mass is 459 g/mol. The third-order valence-corrected chi connectivity index (χ3v) is 6.36. The molecule has 180 valence electrons. The zero-order valence-electron chi connectivity index (χ0n) is 19.4. The number of nitrogens with zero attached hydrogens (tertiary/aromatic N) is 4. The molecular formula is C23H34FN7O2. The highest BCUT2D eigenvalue weighted by atomic mass is 19.1. The molecule has 2 aliphatic rings. The minimum Gasteiger partial charge on any atom is -0.494 e. The van der Waals surface area contributed by atoms with Crippen LogP contribution in [0.3, 0.4) is 0 Å². The van der Waals surface area contributed by atoms with Gasteiger partial charge in [0.05, 0.1) is 7.11 Å². The Morgan fingerprint density at radius 2 is 1.85 bits per heavy atom. The topological polar surface area (TPSA) is 96.5 Å². The normalized spacial score (nSPS) is 19.4. The molecule has 2 saturated heterocycles. The highest BCUT2D eigenvalue weighted by Gasteiger charge is 2.23. The molecule has 0 radical (unpaired) electrons. The molecular weight excluding hydrogens is 425 g/mol. The predicted octanol–water partition coefficient (Wildman–Crippen LogP) is 3.12. The van der Waals surface area contributed by atoms with Crippen molar-refractivity contribution in [1.82, 2.24) is 25.2 Å². The van der Waals surface area contributed by atoms with Crippen LogP contribution < -0.4 is 25.4 Å². The van der Waals surface area contributed by atoms with E-state index in [0.717, 1.165) is 58.5 Å². The molecule has 2 fully saturated rings. The largest absolute Gasteiger partial charge is 0.494 e. The summed E-state index contributed by atoms with van der Waals surface area (Å²) in [4.78, 5) is 15.9. The molecule has 3 N–H and O–H groups in total. The van der Waals surface area contributed by atoms with Gasteiger partial charge in [0.25, 0.3) is 0 Å². The minimum absolute atomic E-state index is 0.114. The van der Waals surface area contributed by atoms with Gasteiger partial charge in [-0.05, 0) is 69.9 Å². The smallest absolute Gasteiger partial charge is 0.328 e. The van der Waals surface area contributed by atoms with E-state index >= 15 is 0 Å². The maximum Gasteiger partial charge on any atom is 0.328 e. The van der Waals surface area contributed by atoms with Gasteiger partial charge in [0.1, 0.15) is 5.75 Å². The number of likely N-dealkylation sites (N-methyl/N-ethyl adjacent to an activating group) is 1. The lowest BCUT2D eigenvalue weighted by Crippen LogP contribution is -2.35. The van der Waals surface area contributed by atoms with Crippen LogP contribution in [0.15, 0.2) is 18.2 Å². The van der Waals surface area contributed by atoms with Gasteiger partial charge in [-0.3, -0.25) is 4.90 Å². The molecule has 2 aromatic rings. The standard InChI is InChI=1S/C23H34FN7O2/c1-3-31-12-4-5-17(31)15-27-22-28-21(26-14-16-8-10-25-11-9-16)29-23(30-22)33-18-6-7-20(32-2)19(24)13-18/h6-7,13,16-17,25H,3-5,8-12,14-15H2,1-2H3,(H2,26,27,28,29,30). The van der Waals surface area contributed by atoms with Crippen molar-refractivity contribution in [3.05, 3.63) is 24.0 Å². The summed E-state index contributed by atoms with van der Waals surface area (Å²) in [5, 5.41) is 10.1. The summed E-state index contributed by atoms with van der Waals surface area (Å²) in [5.74, 6) is 1.41. The Bertz CT molecular complexity index is 910. The maximum absolute atomic E-state index is 14.1. The van der Waals surface area contributed by atoms with Crippen molar-refractivity contribution < 1.29 is 13.9 Å². The average Bonchev–Trinajstić information content (AvgIpc) is 3.30. The number of likely N-dealkylation sites (tertiary alicyclic amines) is 1. The van der Waals surface area contributed by atoms with Crippen molar-refractivity contribution in [3.8, 4) is 17.5 Å². The molecule has 4 rings (SSSR count). The lowest BCUT2D eigenvalue weighted by atomic mass is 9.98. The van der Waals surface area contributed by atoms with Crippen LogP contribution in [0.25, 0.3) is 0 Å². The number of aromatic nitrogens is 3. The van der Waals surface area contributed by atoms with Gasteiger partial charge < -0.3 is 25.4 Å². The fourth-order valence-corrected chi connectivity index (χ4v) is 4.45. The Hall–Kier alpha value is -2.72. The molecule has 0 saturated carbocycles. The van der Waals surface area contributed by atoms with Crippen LogP contribution in [0.1, 0.15) is 32.6 Å². The molecule has 2 aliphatic heterocycles. The first-order chi connectivity index (χ1) is 16.1. The van der Waals surface area contributed by atoms with E-state index in [1.807, 2.05) is 0 Å². The summed E-state index contributed by atoms with van der Waals surface area (Å²) < 4.78 is 24.9. The van der Waals surface area contributed by atoms with Gasteiger partial charge in [0.15, 0.2) is 11.6 Å². The highest BCUT2D eigenvalue weighted by molar-refractivity contribution is 5.39. The van der Waals surface area contributed by atoms with Gasteiger partial charge in [-0.1, -0.05) is 6.92 Å². The molecule has 0 bridgehead atoms. The van der Waals surface area contributed by atoms with Crippen LogP contribution in [0.4, 0.5) is 16.3 Å². The number of hydrogen-bond acceptors (Lipinski definition) is 9. The van der Waals surface area contributed by atoms with Crippen LogP contribution in [0.2, 0.25) is 0 Å². The number of nitrogens with one attached hydrogen (secondary N) is 3. The molecule has 0 aliphatic carbocycles. The second kappa shape index (κ2) is 11.4. The van der Waals surface area contributed by atoms with Crippen LogP contribution in [0.5, 0.6) is 17.5 Å². The Morgan fingerprint density at radius 1 is 1.09 bits per heavy atom. The Morgan fingerprint density at radius 3 is 2.55 bits per heavy atom. The highest BCUT2D eigenvalue weighted by Crippen LogP contribution is 2.26. The summed E-state index contributed by atoms with van der Waals surface area (Å²) in [6.07, 6.45) is 4.59. The summed E-state index contributed by atoms with van der Waals surface area (Å²) in [6.45, 7) is 7.94. The van der Waals surface area contributed by atoms with E-state index in [1.165, 1.54) is 25.7 Å². The molecule has 1 atom stereocenters. The van der Waals surface area contributed by atoms with Crippen molar-refractivity contribution in [3.63, 3.8) is 0 Å². The molecule has 10 heteroatoms. The molecule has 3 heterocycles. The van der Waals surface area contributed by atoms with Gasteiger partial charge in [0, 0.05) is 25.2 Å². The third-order valence-electron chi connectivity index (χ3n) is 6.36. The SMILES string of the molecule is CCN1CCCC1CNc1nc(NCC2CCNCC2)nc(Oc2ccc(OC)c(F)c2)n1. The zero-order valence-corrected chi connectivity index (χ0v) is 19.4. The first kappa shape index (κ1) is 23.4. The van der Waals surface area contributed by atoms with E-state index in [2.05, 4.69) is 42.7 Å². The number of methoxy groups -OCH3 is 1. The summed E-state index contributed by atoms with van der Waals surface area (Å²) in [5.41, 5.74) is 0. The summed E-state index contributed by atoms with van der Waals surface area (Å²) in [6, 6.07) is 4.97. The lowest BCUT2D eigenvalue weighted by Gasteiger charge is -2.23. The Balaban J connectivity index is 1.48. The minimum atomic E-state index is -0.507. The molecule has 9 nitrogen and oxygen atoms in total. The van der Waals surface area contributed by atoms with Gasteiger partial charge in [0.2, 0.25) is 11.9 Å². The van der Waals surface area contributed by atoms with Crippen LogP contribution in [0, 0.1) is 11.7 Å². The lowest BCUT2D eigenvalue weighted by molar-refractivity contribution is 0.276. The Kier molecular flexibility index (Phi) is 8.11. The van der Waals surface area contributed by atoms with E-state index in [1.54, 1.807) is 6.07 Å². The van der Waals surface area contributed by atoms with Crippen molar-refractivity contribution in [1.29, 1.82) is 0 Å². The molecule has 33 heavy (non-hydrogen) atoms. The molecule has 1 aromatic carbocycles. The molecule has 1 aromatic heterocycles. The van der Waals surface area contributed by atoms with Crippen molar-refractivity contribution in [2.45, 2.75) is 38.6 Å². The van der Waals surface area contributed by atoms with Crippen molar-refractivity contribution in [2.75, 3.05) is 57.0 Å². The summed E-state index contributed by atoms with van der Waals surface area (Å²) >= 11 is 0. The Labute approximate surface area is 194 Å². The van der Waals surface area contributed by atoms with Crippen molar-refractivity contribution >= 4 is 11.9 Å². The number of hydrogen-bond donors (Lipinski definition) is 3. The zero-order chi connectivity index (χ0) is 23.0. The van der Waals surface area contributed by atoms with Crippen LogP contribution in [-0.4, -0.2) is 72.3 Å². The molecule has 0 spiro atoms. The average molecular weight is 460 g/mol. The predicted molar refractivity (Wildman–Crippen MR) is 126 cm³/mol. The molecule has 1 unspecified atom stereocenters.